The number of hydrazone groups is 1. The van der Waals surface area contributed by atoms with Gasteiger partial charge in [0.15, 0.2) is 0 Å². The summed E-state index contributed by atoms with van der Waals surface area (Å²) in [6.45, 7) is 4.20. The van der Waals surface area contributed by atoms with Crippen LogP contribution in [-0.4, -0.2) is 17.1 Å². The smallest absolute Gasteiger partial charge is 0.267 e. The molecule has 0 saturated heterocycles. The molecule has 0 saturated carbocycles. The molecule has 2 aromatic carbocycles. The molecule has 0 fully saturated rings. The largest absolute Gasteiger partial charge is 0.272 e. The summed E-state index contributed by atoms with van der Waals surface area (Å²) in [6.07, 6.45) is 3.89. The van der Waals surface area contributed by atoms with Crippen LogP contribution in [0.1, 0.15) is 37.0 Å². The molecule has 0 aliphatic carbocycles. The third-order valence-electron chi connectivity index (χ3n) is 4.34. The lowest BCUT2D eigenvalue weighted by atomic mass is 10.0. The van der Waals surface area contributed by atoms with Gasteiger partial charge in [-0.05, 0) is 24.5 Å². The number of rotatable bonds is 6. The van der Waals surface area contributed by atoms with E-state index in [1.807, 2.05) is 42.5 Å². The highest BCUT2D eigenvalue weighted by Crippen LogP contribution is 2.29. The maximum Gasteiger partial charge on any atom is 0.272 e. The molecule has 1 aromatic heterocycles. The number of halogens is 1. The summed E-state index contributed by atoms with van der Waals surface area (Å²) in [4.78, 5) is 17.5. The quantitative estimate of drug-likeness (QED) is 0.440. The van der Waals surface area contributed by atoms with Crippen LogP contribution < -0.4 is 5.43 Å². The first-order valence-corrected chi connectivity index (χ1v) is 9.46. The van der Waals surface area contributed by atoms with E-state index < -0.39 is 0 Å². The minimum Gasteiger partial charge on any atom is -0.267 e. The van der Waals surface area contributed by atoms with Crippen molar-refractivity contribution in [1.82, 2.24) is 10.4 Å². The summed E-state index contributed by atoms with van der Waals surface area (Å²) in [5, 5.41) is 5.34. The van der Waals surface area contributed by atoms with Crippen molar-refractivity contribution in [3.05, 3.63) is 65.2 Å². The van der Waals surface area contributed by atoms with E-state index in [1.54, 1.807) is 18.3 Å². The Bertz CT molecular complexity index is 970. The van der Waals surface area contributed by atoms with E-state index in [-0.39, 0.29) is 5.91 Å². The van der Waals surface area contributed by atoms with E-state index in [0.717, 1.165) is 18.4 Å². The normalized spacial score (nSPS) is 12.4. The van der Waals surface area contributed by atoms with Crippen LogP contribution in [0.3, 0.4) is 0 Å². The number of aromatic nitrogens is 1. The van der Waals surface area contributed by atoms with Crippen molar-refractivity contribution >= 4 is 34.6 Å². The van der Waals surface area contributed by atoms with Gasteiger partial charge in [0, 0.05) is 17.2 Å². The zero-order valence-electron chi connectivity index (χ0n) is 15.4. The molecule has 1 atom stereocenters. The second-order valence-electron chi connectivity index (χ2n) is 6.54. The van der Waals surface area contributed by atoms with Crippen LogP contribution in [0.2, 0.25) is 5.02 Å². The summed E-state index contributed by atoms with van der Waals surface area (Å²) in [5.41, 5.74) is 5.37. The Balaban J connectivity index is 2.00. The molecule has 0 aliphatic rings. The zero-order valence-corrected chi connectivity index (χ0v) is 16.2. The van der Waals surface area contributed by atoms with Gasteiger partial charge in [0.05, 0.1) is 21.8 Å². The third kappa shape index (κ3) is 4.52. The molecule has 4 nitrogen and oxygen atoms in total. The lowest BCUT2D eigenvalue weighted by Gasteiger charge is -2.10. The van der Waals surface area contributed by atoms with Gasteiger partial charge in [-0.3, -0.25) is 4.79 Å². The van der Waals surface area contributed by atoms with Crippen molar-refractivity contribution < 1.29 is 4.79 Å². The van der Waals surface area contributed by atoms with Crippen LogP contribution in [0.4, 0.5) is 0 Å². The first kappa shape index (κ1) is 19.1. The average molecular weight is 380 g/mol. The number of nitrogens with zero attached hydrogens (tertiary/aromatic N) is 2. The minimum atomic E-state index is -0.276. The Kier molecular flexibility index (Phi) is 6.20. The number of benzene rings is 2. The van der Waals surface area contributed by atoms with Gasteiger partial charge in [0.2, 0.25) is 0 Å². The first-order chi connectivity index (χ1) is 13.1. The lowest BCUT2D eigenvalue weighted by Crippen LogP contribution is -2.19. The highest BCUT2D eigenvalue weighted by Gasteiger charge is 2.15. The Labute approximate surface area is 164 Å². The van der Waals surface area contributed by atoms with Crippen LogP contribution in [0.15, 0.2) is 59.7 Å². The summed E-state index contributed by atoms with van der Waals surface area (Å²) in [5.74, 6) is 0.0422. The fourth-order valence-electron chi connectivity index (χ4n) is 2.97. The van der Waals surface area contributed by atoms with Crippen LogP contribution in [0, 0.1) is 5.92 Å². The first-order valence-electron chi connectivity index (χ1n) is 9.08. The molecule has 0 aliphatic heterocycles. The second kappa shape index (κ2) is 8.78. The Morgan fingerprint density at radius 2 is 2.00 bits per heavy atom. The van der Waals surface area contributed by atoms with Gasteiger partial charge in [0.25, 0.3) is 5.91 Å². The molecule has 27 heavy (non-hydrogen) atoms. The van der Waals surface area contributed by atoms with Gasteiger partial charge >= 0.3 is 0 Å². The number of fused-ring (bicyclic) bond motifs is 1. The van der Waals surface area contributed by atoms with Crippen LogP contribution in [-0.2, 0) is 0 Å². The van der Waals surface area contributed by atoms with Gasteiger partial charge in [-0.25, -0.2) is 10.4 Å². The molecule has 0 radical (unpaired) electrons. The molecule has 0 spiro atoms. The van der Waals surface area contributed by atoms with E-state index in [9.17, 15) is 4.79 Å². The number of hydrogen-bond donors (Lipinski definition) is 1. The van der Waals surface area contributed by atoms with Gasteiger partial charge in [0.1, 0.15) is 0 Å². The zero-order chi connectivity index (χ0) is 19.2. The van der Waals surface area contributed by atoms with E-state index in [0.29, 0.717) is 33.1 Å². The van der Waals surface area contributed by atoms with Crippen molar-refractivity contribution in [3.63, 3.8) is 0 Å². The summed E-state index contributed by atoms with van der Waals surface area (Å²) in [7, 11) is 0. The van der Waals surface area contributed by atoms with Crippen molar-refractivity contribution in [2.24, 2.45) is 11.0 Å². The number of pyridine rings is 1. The van der Waals surface area contributed by atoms with Crippen LogP contribution in [0.25, 0.3) is 22.2 Å². The molecule has 1 heterocycles. The molecular weight excluding hydrogens is 358 g/mol. The number of carbonyl (C=O) groups excluding carboxylic acids is 1. The van der Waals surface area contributed by atoms with Gasteiger partial charge in [-0.1, -0.05) is 74.3 Å². The van der Waals surface area contributed by atoms with E-state index in [1.165, 1.54) is 0 Å². The molecule has 5 heteroatoms. The number of carbonyl (C=O) groups is 1. The highest BCUT2D eigenvalue weighted by molar-refractivity contribution is 6.35. The standard InChI is InChI=1S/C22H22ClN3O/c1-3-8-15(2)14-24-26-22(27)18-13-20(16-9-5-4-6-10-16)25-21-17(18)11-7-12-19(21)23/h4-7,9-15H,3,8H2,1-2H3,(H,26,27)/b24-14-. The maximum absolute atomic E-state index is 12.8. The number of amides is 1. The second-order valence-corrected chi connectivity index (χ2v) is 6.95. The molecule has 3 rings (SSSR count). The average Bonchev–Trinajstić information content (AvgIpc) is 2.68. The molecule has 1 amide bonds. The fourth-order valence-corrected chi connectivity index (χ4v) is 3.19. The number of para-hydroxylation sites is 1. The summed E-state index contributed by atoms with van der Waals surface area (Å²) >= 11 is 6.35. The van der Waals surface area contributed by atoms with Crippen LogP contribution >= 0.6 is 11.6 Å². The molecule has 0 bridgehead atoms. The third-order valence-corrected chi connectivity index (χ3v) is 4.65. The number of hydrogen-bond acceptors (Lipinski definition) is 3. The van der Waals surface area contributed by atoms with Gasteiger partial charge < -0.3 is 0 Å². The predicted molar refractivity (Wildman–Crippen MR) is 112 cm³/mol. The predicted octanol–water partition coefficient (Wildman–Crippen LogP) is 5.71. The molecule has 138 valence electrons. The SMILES string of the molecule is CCCC(C)/C=N\NC(=O)c1cc(-c2ccccc2)nc2c(Cl)cccc12. The van der Waals surface area contributed by atoms with Crippen molar-refractivity contribution in [2.45, 2.75) is 26.7 Å². The van der Waals surface area contributed by atoms with E-state index in [2.05, 4.69) is 29.4 Å². The van der Waals surface area contributed by atoms with Gasteiger partial charge in [-0.15, -0.1) is 0 Å². The molecule has 3 aromatic rings. The maximum atomic E-state index is 12.8. The molecular formula is C22H22ClN3O. The van der Waals surface area contributed by atoms with E-state index in [4.69, 9.17) is 11.6 Å². The van der Waals surface area contributed by atoms with E-state index >= 15 is 0 Å². The minimum absolute atomic E-state index is 0.276. The topological polar surface area (TPSA) is 54.4 Å². The van der Waals surface area contributed by atoms with Gasteiger partial charge in [-0.2, -0.15) is 5.10 Å². The Hall–Kier alpha value is -2.72. The monoisotopic (exact) mass is 379 g/mol. The fraction of sp³-hybridized carbons (Fsp3) is 0.227. The van der Waals surface area contributed by atoms with Crippen molar-refractivity contribution in [2.75, 3.05) is 0 Å². The molecule has 1 unspecified atom stereocenters. The Morgan fingerprint density at radius 3 is 2.74 bits per heavy atom. The van der Waals surface area contributed by atoms with Crippen molar-refractivity contribution in [3.8, 4) is 11.3 Å². The Morgan fingerprint density at radius 1 is 1.22 bits per heavy atom. The van der Waals surface area contributed by atoms with Crippen molar-refractivity contribution in [1.29, 1.82) is 0 Å². The number of nitrogens with one attached hydrogen (secondary N) is 1. The molecule has 1 N–H and O–H groups in total. The highest BCUT2D eigenvalue weighted by atomic mass is 35.5. The van der Waals surface area contributed by atoms with Crippen LogP contribution in [0.5, 0.6) is 0 Å². The lowest BCUT2D eigenvalue weighted by molar-refractivity contribution is 0.0956. The summed E-state index contributed by atoms with van der Waals surface area (Å²) in [6, 6.07) is 17.0. The summed E-state index contributed by atoms with van der Waals surface area (Å²) < 4.78 is 0.